The Hall–Kier alpha value is -3.32. The minimum Gasteiger partial charge on any atom is -0.494 e. The van der Waals surface area contributed by atoms with E-state index < -0.39 is 0 Å². The van der Waals surface area contributed by atoms with Gasteiger partial charge in [-0.15, -0.1) is 0 Å². The molecule has 0 amide bonds. The zero-order valence-electron chi connectivity index (χ0n) is 23.9. The molecule has 7 heteroatoms. The molecule has 0 saturated carbocycles. The average molecular weight is 573 g/mol. The molecular formula is C34H41ClN4O2. The lowest BCUT2D eigenvalue weighted by Gasteiger charge is -2.22. The summed E-state index contributed by atoms with van der Waals surface area (Å²) >= 11 is 5.99. The number of imidazole rings is 1. The molecule has 41 heavy (non-hydrogen) atoms. The fraction of sp³-hybridized carbons (Fsp3) is 0.382. The summed E-state index contributed by atoms with van der Waals surface area (Å²) in [5.41, 5.74) is 4.38. The Kier molecular flexibility index (Phi) is 10.7. The second-order valence-corrected chi connectivity index (χ2v) is 11.0. The number of nitrogens with one attached hydrogen (secondary N) is 2. The van der Waals surface area contributed by atoms with Crippen LogP contribution in [0.4, 0.5) is 0 Å². The maximum absolute atomic E-state index is 6.01. The van der Waals surface area contributed by atoms with E-state index in [1.165, 1.54) is 18.4 Å². The van der Waals surface area contributed by atoms with Crippen LogP contribution in [0.2, 0.25) is 5.02 Å². The molecular weight excluding hydrogens is 532 g/mol. The van der Waals surface area contributed by atoms with Crippen molar-refractivity contribution in [2.75, 3.05) is 39.4 Å². The zero-order chi connectivity index (χ0) is 28.3. The van der Waals surface area contributed by atoms with Crippen molar-refractivity contribution in [2.24, 2.45) is 5.92 Å². The summed E-state index contributed by atoms with van der Waals surface area (Å²) in [6.45, 7) is 7.58. The van der Waals surface area contributed by atoms with Gasteiger partial charge in [0.2, 0.25) is 0 Å². The van der Waals surface area contributed by atoms with Gasteiger partial charge in [0.15, 0.2) is 0 Å². The summed E-state index contributed by atoms with van der Waals surface area (Å²) in [5, 5.41) is 7.57. The number of ether oxygens (including phenoxy) is 2. The first-order valence-corrected chi connectivity index (χ1v) is 15.3. The molecule has 1 saturated heterocycles. The molecule has 0 bridgehead atoms. The smallest absolute Gasteiger partial charge is 0.119 e. The van der Waals surface area contributed by atoms with E-state index in [2.05, 4.69) is 64.7 Å². The molecule has 0 radical (unpaired) electrons. The molecule has 216 valence electrons. The number of hydrogen-bond donors (Lipinski definition) is 2. The molecule has 1 fully saturated rings. The van der Waals surface area contributed by atoms with Crippen LogP contribution >= 0.6 is 11.6 Å². The van der Waals surface area contributed by atoms with Crippen molar-refractivity contribution in [1.82, 2.24) is 20.2 Å². The zero-order valence-corrected chi connectivity index (χ0v) is 24.7. The minimum atomic E-state index is 0.616. The highest BCUT2D eigenvalue weighted by atomic mass is 35.5. The quantitative estimate of drug-likeness (QED) is 0.164. The Labute approximate surface area is 249 Å². The van der Waals surface area contributed by atoms with Crippen LogP contribution in [-0.2, 0) is 12.8 Å². The molecule has 0 unspecified atom stereocenters. The fourth-order valence-corrected chi connectivity index (χ4v) is 5.32. The molecule has 1 aliphatic rings. The van der Waals surface area contributed by atoms with E-state index >= 15 is 0 Å². The average Bonchev–Trinajstić information content (AvgIpc) is 3.43. The lowest BCUT2D eigenvalue weighted by molar-refractivity contribution is 0.308. The number of hydrogen-bond acceptors (Lipinski definition) is 5. The maximum atomic E-state index is 6.01. The number of rotatable bonds is 14. The second-order valence-electron chi connectivity index (χ2n) is 10.6. The summed E-state index contributed by atoms with van der Waals surface area (Å²) in [6.07, 6.45) is 7.33. The second kappa shape index (κ2) is 15.1. The molecule has 0 aliphatic carbocycles. The molecule has 1 aromatic heterocycles. The van der Waals surface area contributed by atoms with Crippen LogP contribution in [0.15, 0.2) is 79.0 Å². The SMILES string of the molecule is CCNCCCOc1ccc(-n2cc(-c3ccc(OCCc4ccc(Cl)cc4)cc3)nc2CC2CCNCC2)cc1. The first-order chi connectivity index (χ1) is 20.2. The van der Waals surface area contributed by atoms with Crippen molar-refractivity contribution in [3.63, 3.8) is 0 Å². The summed E-state index contributed by atoms with van der Waals surface area (Å²) < 4.78 is 14.2. The lowest BCUT2D eigenvalue weighted by Crippen LogP contribution is -2.29. The van der Waals surface area contributed by atoms with Gasteiger partial charge in [0.1, 0.15) is 17.3 Å². The predicted molar refractivity (Wildman–Crippen MR) is 168 cm³/mol. The van der Waals surface area contributed by atoms with Gasteiger partial charge in [0.05, 0.1) is 18.9 Å². The maximum Gasteiger partial charge on any atom is 0.119 e. The van der Waals surface area contributed by atoms with E-state index in [0.29, 0.717) is 19.1 Å². The molecule has 0 atom stereocenters. The predicted octanol–water partition coefficient (Wildman–Crippen LogP) is 6.73. The van der Waals surface area contributed by atoms with Crippen LogP contribution in [0.5, 0.6) is 11.5 Å². The van der Waals surface area contributed by atoms with Crippen molar-refractivity contribution < 1.29 is 9.47 Å². The highest BCUT2D eigenvalue weighted by molar-refractivity contribution is 6.30. The highest BCUT2D eigenvalue weighted by Crippen LogP contribution is 2.27. The van der Waals surface area contributed by atoms with Gasteiger partial charge in [-0.1, -0.05) is 30.7 Å². The largest absolute Gasteiger partial charge is 0.494 e. The van der Waals surface area contributed by atoms with Gasteiger partial charge in [0.25, 0.3) is 0 Å². The third-order valence-electron chi connectivity index (χ3n) is 7.56. The first-order valence-electron chi connectivity index (χ1n) is 14.9. The van der Waals surface area contributed by atoms with E-state index in [0.717, 1.165) is 84.7 Å². The summed E-state index contributed by atoms with van der Waals surface area (Å²) in [6, 6.07) is 24.6. The summed E-state index contributed by atoms with van der Waals surface area (Å²) in [4.78, 5) is 5.14. The van der Waals surface area contributed by atoms with Crippen molar-refractivity contribution in [2.45, 2.75) is 39.0 Å². The van der Waals surface area contributed by atoms with Gasteiger partial charge < -0.3 is 24.7 Å². The van der Waals surface area contributed by atoms with Crippen LogP contribution < -0.4 is 20.1 Å². The monoisotopic (exact) mass is 572 g/mol. The number of aromatic nitrogens is 2. The van der Waals surface area contributed by atoms with Crippen LogP contribution in [0.25, 0.3) is 16.9 Å². The fourth-order valence-electron chi connectivity index (χ4n) is 5.20. The molecule has 2 heterocycles. The Morgan fingerprint density at radius 2 is 1.59 bits per heavy atom. The Balaban J connectivity index is 1.27. The Morgan fingerprint density at radius 3 is 2.29 bits per heavy atom. The topological polar surface area (TPSA) is 60.3 Å². The van der Waals surface area contributed by atoms with E-state index in [1.807, 2.05) is 36.4 Å². The number of piperidine rings is 1. The van der Waals surface area contributed by atoms with Crippen LogP contribution in [0.1, 0.15) is 37.6 Å². The van der Waals surface area contributed by atoms with Crippen molar-refractivity contribution in [1.29, 1.82) is 0 Å². The lowest BCUT2D eigenvalue weighted by atomic mass is 9.94. The molecule has 6 nitrogen and oxygen atoms in total. The van der Waals surface area contributed by atoms with E-state index in [9.17, 15) is 0 Å². The van der Waals surface area contributed by atoms with Gasteiger partial charge in [-0.25, -0.2) is 4.98 Å². The molecule has 5 rings (SSSR count). The molecule has 4 aromatic rings. The minimum absolute atomic E-state index is 0.616. The molecule has 3 aromatic carbocycles. The van der Waals surface area contributed by atoms with Gasteiger partial charge in [-0.2, -0.15) is 0 Å². The van der Waals surface area contributed by atoms with Crippen LogP contribution in [-0.4, -0.2) is 48.9 Å². The Morgan fingerprint density at radius 1 is 0.902 bits per heavy atom. The Bertz CT molecular complexity index is 1330. The molecule has 0 spiro atoms. The van der Waals surface area contributed by atoms with Gasteiger partial charge in [0, 0.05) is 35.3 Å². The number of benzene rings is 3. The molecule has 2 N–H and O–H groups in total. The van der Waals surface area contributed by atoms with Crippen LogP contribution in [0, 0.1) is 5.92 Å². The van der Waals surface area contributed by atoms with Gasteiger partial charge in [-0.05, 0) is 118 Å². The van der Waals surface area contributed by atoms with Crippen molar-refractivity contribution in [3.8, 4) is 28.4 Å². The number of nitrogens with zero attached hydrogens (tertiary/aromatic N) is 2. The van der Waals surface area contributed by atoms with Crippen LogP contribution in [0.3, 0.4) is 0 Å². The third kappa shape index (κ3) is 8.59. The van der Waals surface area contributed by atoms with Crippen molar-refractivity contribution in [3.05, 3.63) is 95.4 Å². The van der Waals surface area contributed by atoms with Gasteiger partial charge >= 0.3 is 0 Å². The van der Waals surface area contributed by atoms with E-state index in [1.54, 1.807) is 0 Å². The first kappa shape index (κ1) is 29.2. The third-order valence-corrected chi connectivity index (χ3v) is 7.82. The summed E-state index contributed by atoms with van der Waals surface area (Å²) in [7, 11) is 0. The normalized spacial score (nSPS) is 13.8. The molecule has 1 aliphatic heterocycles. The highest BCUT2D eigenvalue weighted by Gasteiger charge is 2.19. The standard InChI is InChI=1S/C34H41ClN4O2/c1-2-36-19-3-22-40-32-14-10-30(11-15-32)39-25-33(38-34(39)24-27-16-20-37-21-17-27)28-6-12-31(13-7-28)41-23-18-26-4-8-29(35)9-5-26/h4-15,25,27,36-37H,2-3,16-24H2,1H3. The number of halogens is 1. The van der Waals surface area contributed by atoms with E-state index in [-0.39, 0.29) is 0 Å². The van der Waals surface area contributed by atoms with Gasteiger partial charge in [-0.3, -0.25) is 0 Å². The summed E-state index contributed by atoms with van der Waals surface area (Å²) in [5.74, 6) is 3.51. The van der Waals surface area contributed by atoms with Crippen molar-refractivity contribution >= 4 is 11.6 Å². The van der Waals surface area contributed by atoms with E-state index in [4.69, 9.17) is 26.1 Å².